The van der Waals surface area contributed by atoms with E-state index in [0.29, 0.717) is 17.3 Å². The fraction of sp³-hybridized carbons (Fsp3) is 0.444. The lowest BCUT2D eigenvalue weighted by atomic mass is 9.95. The maximum Gasteiger partial charge on any atom is 0.252 e. The van der Waals surface area contributed by atoms with Crippen LogP contribution in [0.25, 0.3) is 10.2 Å². The van der Waals surface area contributed by atoms with Crippen LogP contribution in [-0.4, -0.2) is 21.0 Å². The number of hydrogen-bond donors (Lipinski definition) is 1. The molecular formula is C18H20N4O2S. The smallest absolute Gasteiger partial charge is 0.252 e. The zero-order valence-corrected chi connectivity index (χ0v) is 15.1. The van der Waals surface area contributed by atoms with Gasteiger partial charge in [-0.3, -0.25) is 4.79 Å². The molecule has 1 saturated carbocycles. The lowest BCUT2D eigenvalue weighted by Crippen LogP contribution is -2.44. The molecule has 0 aliphatic heterocycles. The maximum absolute atomic E-state index is 12.9. The highest BCUT2D eigenvalue weighted by Crippen LogP contribution is 2.38. The molecule has 1 N–H and O–H groups in total. The summed E-state index contributed by atoms with van der Waals surface area (Å²) in [5.74, 6) is 1.28. The van der Waals surface area contributed by atoms with E-state index in [4.69, 9.17) is 4.52 Å². The number of aromatic nitrogens is 3. The molecule has 0 radical (unpaired) electrons. The van der Waals surface area contributed by atoms with E-state index >= 15 is 0 Å². The highest BCUT2D eigenvalue weighted by molar-refractivity contribution is 7.16. The summed E-state index contributed by atoms with van der Waals surface area (Å²) in [6.07, 6.45) is 3.75. The Morgan fingerprint density at radius 2 is 2.12 bits per heavy atom. The summed E-state index contributed by atoms with van der Waals surface area (Å²) in [5, 5.41) is 7.37. The first-order chi connectivity index (χ1) is 12.1. The van der Waals surface area contributed by atoms with Gasteiger partial charge in [0.2, 0.25) is 5.89 Å². The zero-order chi connectivity index (χ0) is 17.4. The number of carbonyl (C=O) groups excluding carboxylic acids is 1. The van der Waals surface area contributed by atoms with Crippen LogP contribution in [0.1, 0.15) is 67.5 Å². The minimum atomic E-state index is -0.531. The lowest BCUT2D eigenvalue weighted by Gasteiger charge is -2.26. The minimum absolute atomic E-state index is 0.104. The van der Waals surface area contributed by atoms with Crippen molar-refractivity contribution in [2.75, 3.05) is 0 Å². The second-order valence-electron chi connectivity index (χ2n) is 6.89. The van der Waals surface area contributed by atoms with Gasteiger partial charge in [0.25, 0.3) is 5.91 Å². The van der Waals surface area contributed by atoms with E-state index in [1.165, 1.54) is 11.3 Å². The third-order valence-electron chi connectivity index (χ3n) is 4.77. The highest BCUT2D eigenvalue weighted by atomic mass is 32.1. The number of rotatable bonds is 4. The van der Waals surface area contributed by atoms with Gasteiger partial charge in [-0.05, 0) is 31.0 Å². The number of amides is 1. The molecule has 1 fully saturated rings. The van der Waals surface area contributed by atoms with Crippen LogP contribution in [-0.2, 0) is 5.54 Å². The van der Waals surface area contributed by atoms with Crippen molar-refractivity contribution in [2.24, 2.45) is 0 Å². The molecule has 130 valence electrons. The van der Waals surface area contributed by atoms with E-state index < -0.39 is 5.54 Å². The van der Waals surface area contributed by atoms with Gasteiger partial charge in [0.15, 0.2) is 5.82 Å². The molecule has 0 spiro atoms. The monoisotopic (exact) mass is 356 g/mol. The van der Waals surface area contributed by atoms with Gasteiger partial charge in [0, 0.05) is 11.5 Å². The molecule has 1 aromatic carbocycles. The Morgan fingerprint density at radius 3 is 2.84 bits per heavy atom. The summed E-state index contributed by atoms with van der Waals surface area (Å²) in [6.45, 7) is 4.03. The number of nitrogens with zero attached hydrogens (tertiary/aromatic N) is 3. The van der Waals surface area contributed by atoms with Gasteiger partial charge in [-0.25, -0.2) is 4.98 Å². The Labute approximate surface area is 149 Å². The second-order valence-corrected chi connectivity index (χ2v) is 7.78. The lowest BCUT2D eigenvalue weighted by molar-refractivity contribution is 0.0892. The van der Waals surface area contributed by atoms with Crippen molar-refractivity contribution in [1.29, 1.82) is 0 Å². The van der Waals surface area contributed by atoms with E-state index in [9.17, 15) is 4.79 Å². The zero-order valence-electron chi connectivity index (χ0n) is 14.3. The van der Waals surface area contributed by atoms with E-state index in [1.54, 1.807) is 5.51 Å². The van der Waals surface area contributed by atoms with E-state index in [0.717, 1.165) is 35.9 Å². The Hall–Kier alpha value is -2.28. The summed E-state index contributed by atoms with van der Waals surface area (Å²) < 4.78 is 6.39. The van der Waals surface area contributed by atoms with Gasteiger partial charge < -0.3 is 9.84 Å². The topological polar surface area (TPSA) is 80.9 Å². The summed E-state index contributed by atoms with van der Waals surface area (Å²) in [7, 11) is 0. The quantitative estimate of drug-likeness (QED) is 0.764. The SMILES string of the molecule is CC(C)c1nc(C2(NC(=O)c3ccc4ncsc4c3)CCCC2)no1. The first-order valence-corrected chi connectivity index (χ1v) is 9.45. The van der Waals surface area contributed by atoms with E-state index in [2.05, 4.69) is 20.4 Å². The predicted octanol–water partition coefficient (Wildman–Crippen LogP) is 4.00. The van der Waals surface area contributed by atoms with Gasteiger partial charge >= 0.3 is 0 Å². The van der Waals surface area contributed by atoms with Crippen molar-refractivity contribution in [1.82, 2.24) is 20.4 Å². The number of fused-ring (bicyclic) bond motifs is 1. The van der Waals surface area contributed by atoms with Gasteiger partial charge in [-0.15, -0.1) is 11.3 Å². The average molecular weight is 356 g/mol. The van der Waals surface area contributed by atoms with Crippen LogP contribution in [0.15, 0.2) is 28.2 Å². The van der Waals surface area contributed by atoms with Gasteiger partial charge in [0.1, 0.15) is 5.54 Å². The van der Waals surface area contributed by atoms with Gasteiger partial charge in [0.05, 0.1) is 15.7 Å². The maximum atomic E-state index is 12.9. The number of benzene rings is 1. The van der Waals surface area contributed by atoms with Crippen LogP contribution in [0, 0.1) is 0 Å². The van der Waals surface area contributed by atoms with Crippen molar-refractivity contribution in [3.8, 4) is 0 Å². The van der Waals surface area contributed by atoms with Crippen LogP contribution < -0.4 is 5.32 Å². The van der Waals surface area contributed by atoms with Crippen molar-refractivity contribution in [2.45, 2.75) is 51.0 Å². The van der Waals surface area contributed by atoms with E-state index in [-0.39, 0.29) is 11.8 Å². The number of hydrogen-bond acceptors (Lipinski definition) is 6. The molecule has 0 bridgehead atoms. The van der Waals surface area contributed by atoms with Crippen LogP contribution in [0.3, 0.4) is 0 Å². The van der Waals surface area contributed by atoms with Crippen molar-refractivity contribution < 1.29 is 9.32 Å². The van der Waals surface area contributed by atoms with Crippen LogP contribution >= 0.6 is 11.3 Å². The third-order valence-corrected chi connectivity index (χ3v) is 5.56. The molecule has 6 nitrogen and oxygen atoms in total. The van der Waals surface area contributed by atoms with Crippen molar-refractivity contribution in [3.63, 3.8) is 0 Å². The molecule has 2 aromatic heterocycles. The van der Waals surface area contributed by atoms with Crippen molar-refractivity contribution in [3.05, 3.63) is 41.0 Å². The normalized spacial score (nSPS) is 16.6. The second kappa shape index (κ2) is 6.22. The van der Waals surface area contributed by atoms with Crippen LogP contribution in [0.5, 0.6) is 0 Å². The number of thiazole rings is 1. The van der Waals surface area contributed by atoms with Crippen molar-refractivity contribution >= 4 is 27.5 Å². The number of nitrogens with one attached hydrogen (secondary N) is 1. The fourth-order valence-corrected chi connectivity index (χ4v) is 4.05. The number of carbonyl (C=O) groups is 1. The molecule has 0 atom stereocenters. The van der Waals surface area contributed by atoms with Gasteiger partial charge in [-0.2, -0.15) is 4.98 Å². The summed E-state index contributed by atoms with van der Waals surface area (Å²) >= 11 is 1.53. The fourth-order valence-electron chi connectivity index (χ4n) is 3.33. The Morgan fingerprint density at radius 1 is 1.32 bits per heavy atom. The molecule has 0 saturated heterocycles. The standard InChI is InChI=1S/C18H20N4O2S/c1-11(2)16-20-17(22-24-16)18(7-3-4-8-18)21-15(23)12-5-6-13-14(9-12)25-10-19-13/h5-6,9-11H,3-4,7-8H2,1-2H3,(H,21,23). The Bertz CT molecular complexity index is 909. The highest BCUT2D eigenvalue weighted by Gasteiger charge is 2.41. The summed E-state index contributed by atoms with van der Waals surface area (Å²) in [4.78, 5) is 21.7. The first-order valence-electron chi connectivity index (χ1n) is 8.57. The molecule has 3 aromatic rings. The molecule has 1 aliphatic carbocycles. The molecule has 2 heterocycles. The average Bonchev–Trinajstić information content (AvgIpc) is 3.34. The minimum Gasteiger partial charge on any atom is -0.339 e. The molecular weight excluding hydrogens is 336 g/mol. The predicted molar refractivity (Wildman–Crippen MR) is 95.6 cm³/mol. The molecule has 1 amide bonds. The molecule has 1 aliphatic rings. The molecule has 25 heavy (non-hydrogen) atoms. The Kier molecular flexibility index (Phi) is 4.03. The third kappa shape index (κ3) is 2.93. The van der Waals surface area contributed by atoms with Crippen LogP contribution in [0.4, 0.5) is 0 Å². The van der Waals surface area contributed by atoms with Crippen LogP contribution in [0.2, 0.25) is 0 Å². The van der Waals surface area contributed by atoms with Gasteiger partial charge in [-0.1, -0.05) is 31.8 Å². The molecule has 4 rings (SSSR count). The van der Waals surface area contributed by atoms with E-state index in [1.807, 2.05) is 32.0 Å². The Balaban J connectivity index is 1.63. The summed E-state index contributed by atoms with van der Waals surface area (Å²) in [5.41, 5.74) is 2.81. The first kappa shape index (κ1) is 16.2. The largest absolute Gasteiger partial charge is 0.339 e. The summed E-state index contributed by atoms with van der Waals surface area (Å²) in [6, 6.07) is 5.59. The molecule has 0 unspecified atom stereocenters. The molecule has 7 heteroatoms.